The molecule has 210 valence electrons. The highest BCUT2D eigenvalue weighted by Gasteiger charge is 2.20. The van der Waals surface area contributed by atoms with Gasteiger partial charge >= 0.3 is 0 Å². The summed E-state index contributed by atoms with van der Waals surface area (Å²) >= 11 is 0. The van der Waals surface area contributed by atoms with E-state index in [1.165, 1.54) is 54.6 Å². The molecule has 1 aromatic heterocycles. The van der Waals surface area contributed by atoms with Gasteiger partial charge in [0.2, 0.25) is 5.89 Å². The van der Waals surface area contributed by atoms with Crippen molar-refractivity contribution in [3.05, 3.63) is 164 Å². The van der Waals surface area contributed by atoms with E-state index in [-0.39, 0.29) is 0 Å². The molecule has 0 N–H and O–H groups in total. The summed E-state index contributed by atoms with van der Waals surface area (Å²) in [6.45, 7) is 0. The van der Waals surface area contributed by atoms with Crippen molar-refractivity contribution in [2.75, 3.05) is 0 Å². The maximum Gasteiger partial charge on any atom is 0.227 e. The van der Waals surface area contributed by atoms with E-state index < -0.39 is 0 Å². The van der Waals surface area contributed by atoms with Crippen LogP contribution in [0.1, 0.15) is 0 Å². The minimum atomic E-state index is 0.629. The number of benzene rings is 8. The summed E-state index contributed by atoms with van der Waals surface area (Å²) in [6, 6.07) is 58.2. The van der Waals surface area contributed by atoms with Crippen LogP contribution in [-0.4, -0.2) is 4.98 Å². The lowest BCUT2D eigenvalue weighted by atomic mass is 9.85. The Morgan fingerprint density at radius 2 is 0.889 bits per heavy atom. The first-order valence-corrected chi connectivity index (χ1v) is 15.3. The third kappa shape index (κ3) is 4.22. The molecule has 0 amide bonds. The smallest absolute Gasteiger partial charge is 0.227 e. The Kier molecular flexibility index (Phi) is 5.85. The quantitative estimate of drug-likeness (QED) is 0.196. The lowest BCUT2D eigenvalue weighted by Gasteiger charge is -2.19. The van der Waals surface area contributed by atoms with Gasteiger partial charge in [-0.2, -0.15) is 0 Å². The maximum atomic E-state index is 6.41. The first-order valence-electron chi connectivity index (χ1n) is 15.3. The summed E-state index contributed by atoms with van der Waals surface area (Å²) in [7, 11) is 0. The minimum absolute atomic E-state index is 0.629. The van der Waals surface area contributed by atoms with Crippen LogP contribution >= 0.6 is 0 Å². The lowest BCUT2D eigenvalue weighted by molar-refractivity contribution is 0.620. The average Bonchev–Trinajstić information content (AvgIpc) is 3.56. The topological polar surface area (TPSA) is 26.0 Å². The average molecular weight is 574 g/mol. The van der Waals surface area contributed by atoms with Gasteiger partial charge in [0.05, 0.1) is 0 Å². The summed E-state index contributed by atoms with van der Waals surface area (Å²) in [5, 5.41) is 7.32. The molecule has 0 aliphatic carbocycles. The van der Waals surface area contributed by atoms with Gasteiger partial charge < -0.3 is 4.42 Å². The summed E-state index contributed by atoms with van der Waals surface area (Å²) in [6.07, 6.45) is 0. The molecule has 0 fully saturated rings. The Morgan fingerprint density at radius 3 is 1.58 bits per heavy atom. The Bertz CT molecular complexity index is 2480. The van der Waals surface area contributed by atoms with Gasteiger partial charge in [-0.3, -0.25) is 0 Å². The van der Waals surface area contributed by atoms with Crippen LogP contribution in [0.5, 0.6) is 0 Å². The second-order valence-corrected chi connectivity index (χ2v) is 11.5. The maximum absolute atomic E-state index is 6.41. The van der Waals surface area contributed by atoms with Crippen LogP contribution in [0.25, 0.3) is 88.3 Å². The normalized spacial score (nSPS) is 11.6. The fourth-order valence-electron chi connectivity index (χ4n) is 6.79. The molecule has 2 heteroatoms. The molecule has 9 aromatic rings. The van der Waals surface area contributed by atoms with E-state index in [0.717, 1.165) is 27.8 Å². The second kappa shape index (κ2) is 10.3. The van der Waals surface area contributed by atoms with E-state index in [1.54, 1.807) is 0 Å². The monoisotopic (exact) mass is 573 g/mol. The standard InChI is InChI=1S/C43H27NO/c1-4-14-28(15-5-1)31-24-35(30-18-8-3-9-19-30)42-37(25-31)33-21-11-10-20-32(33)36-27-39(43-44-40-22-12-13-23-41(40)45-43)34(26-38(36)42)29-16-6-2-7-17-29/h1-27H. The van der Waals surface area contributed by atoms with Gasteiger partial charge in [0.25, 0.3) is 0 Å². The van der Waals surface area contributed by atoms with E-state index in [2.05, 4.69) is 140 Å². The van der Waals surface area contributed by atoms with Crippen molar-refractivity contribution in [2.45, 2.75) is 0 Å². The van der Waals surface area contributed by atoms with E-state index in [0.29, 0.717) is 5.89 Å². The summed E-state index contributed by atoms with van der Waals surface area (Å²) in [4.78, 5) is 4.96. The molecule has 0 unspecified atom stereocenters. The Balaban J connectivity index is 1.47. The highest BCUT2D eigenvalue weighted by atomic mass is 16.3. The highest BCUT2D eigenvalue weighted by molar-refractivity contribution is 6.30. The van der Waals surface area contributed by atoms with Gasteiger partial charge in [-0.15, -0.1) is 0 Å². The van der Waals surface area contributed by atoms with Crippen LogP contribution in [0.15, 0.2) is 168 Å². The first kappa shape index (κ1) is 25.5. The van der Waals surface area contributed by atoms with Gasteiger partial charge in [0.15, 0.2) is 5.58 Å². The molecule has 9 rings (SSSR count). The van der Waals surface area contributed by atoms with Crippen molar-refractivity contribution >= 4 is 43.4 Å². The van der Waals surface area contributed by atoms with Gasteiger partial charge in [0.1, 0.15) is 5.52 Å². The summed E-state index contributed by atoms with van der Waals surface area (Å²) in [5.41, 5.74) is 9.67. The molecular formula is C43H27NO. The van der Waals surface area contributed by atoms with E-state index >= 15 is 0 Å². The molecule has 0 spiro atoms. The third-order valence-electron chi connectivity index (χ3n) is 8.87. The van der Waals surface area contributed by atoms with Crippen LogP contribution in [-0.2, 0) is 0 Å². The van der Waals surface area contributed by atoms with Crippen LogP contribution in [0, 0.1) is 0 Å². The third-order valence-corrected chi connectivity index (χ3v) is 8.87. The summed E-state index contributed by atoms with van der Waals surface area (Å²) in [5.74, 6) is 0.629. The van der Waals surface area contributed by atoms with E-state index in [4.69, 9.17) is 9.40 Å². The molecule has 0 saturated heterocycles. The molecule has 45 heavy (non-hydrogen) atoms. The van der Waals surface area contributed by atoms with Gasteiger partial charge in [-0.05, 0) is 102 Å². The number of oxazole rings is 1. The number of fused-ring (bicyclic) bond motifs is 7. The molecule has 0 atom stereocenters. The van der Waals surface area contributed by atoms with E-state index in [9.17, 15) is 0 Å². The lowest BCUT2D eigenvalue weighted by Crippen LogP contribution is -1.92. The van der Waals surface area contributed by atoms with Crippen molar-refractivity contribution < 1.29 is 4.42 Å². The van der Waals surface area contributed by atoms with Crippen molar-refractivity contribution in [3.63, 3.8) is 0 Å². The van der Waals surface area contributed by atoms with Crippen LogP contribution in [0.4, 0.5) is 0 Å². The van der Waals surface area contributed by atoms with Gasteiger partial charge in [-0.25, -0.2) is 4.98 Å². The number of para-hydroxylation sites is 2. The molecule has 8 aromatic carbocycles. The fourth-order valence-corrected chi connectivity index (χ4v) is 6.79. The number of rotatable bonds is 4. The van der Waals surface area contributed by atoms with Gasteiger partial charge in [0, 0.05) is 5.56 Å². The Hall–Kier alpha value is -5.99. The number of hydrogen-bond acceptors (Lipinski definition) is 2. The second-order valence-electron chi connectivity index (χ2n) is 11.5. The zero-order valence-electron chi connectivity index (χ0n) is 24.4. The zero-order chi connectivity index (χ0) is 29.7. The van der Waals surface area contributed by atoms with Crippen LogP contribution < -0.4 is 0 Å². The predicted octanol–water partition coefficient (Wildman–Crippen LogP) is 12.0. The molecular weight excluding hydrogens is 546 g/mol. The molecule has 0 radical (unpaired) electrons. The van der Waals surface area contributed by atoms with Crippen molar-refractivity contribution in [2.24, 2.45) is 0 Å². The van der Waals surface area contributed by atoms with Crippen LogP contribution in [0.2, 0.25) is 0 Å². The largest absolute Gasteiger partial charge is 0.436 e. The van der Waals surface area contributed by atoms with Crippen molar-refractivity contribution in [3.8, 4) is 44.8 Å². The molecule has 1 heterocycles. The van der Waals surface area contributed by atoms with Gasteiger partial charge in [-0.1, -0.05) is 127 Å². The first-order chi connectivity index (χ1) is 22.3. The SMILES string of the molecule is c1ccc(-c2cc(-c3ccccc3)c3c(c2)c2ccccc2c2cc(-c4nc5ccccc5o4)c(-c4ccccc4)cc23)cc1. The molecule has 0 bridgehead atoms. The van der Waals surface area contributed by atoms with Crippen LogP contribution in [0.3, 0.4) is 0 Å². The molecule has 0 saturated carbocycles. The Labute approximate surface area is 260 Å². The van der Waals surface area contributed by atoms with Crippen molar-refractivity contribution in [1.82, 2.24) is 4.98 Å². The van der Waals surface area contributed by atoms with Crippen molar-refractivity contribution in [1.29, 1.82) is 0 Å². The predicted molar refractivity (Wildman–Crippen MR) is 188 cm³/mol. The molecule has 0 aliphatic heterocycles. The zero-order valence-corrected chi connectivity index (χ0v) is 24.4. The highest BCUT2D eigenvalue weighted by Crippen LogP contribution is 2.46. The number of nitrogens with zero attached hydrogens (tertiary/aromatic N) is 1. The van der Waals surface area contributed by atoms with E-state index in [1.807, 2.05) is 24.3 Å². The molecule has 0 aliphatic rings. The fraction of sp³-hybridized carbons (Fsp3) is 0. The number of aromatic nitrogens is 1. The summed E-state index contributed by atoms with van der Waals surface area (Å²) < 4.78 is 6.41. The molecule has 2 nitrogen and oxygen atoms in total. The number of hydrogen-bond donors (Lipinski definition) is 0. The minimum Gasteiger partial charge on any atom is -0.436 e. The Morgan fingerprint density at radius 1 is 0.356 bits per heavy atom.